The smallest absolute Gasteiger partial charge is 0.263 e. The van der Waals surface area contributed by atoms with Gasteiger partial charge < -0.3 is 10.2 Å². The molecular weight excluding hydrogens is 438 g/mol. The summed E-state index contributed by atoms with van der Waals surface area (Å²) >= 11 is 6.09. The number of amides is 1. The number of carbonyl (C=O) groups is 1. The molecule has 2 aliphatic rings. The van der Waals surface area contributed by atoms with Gasteiger partial charge in [-0.25, -0.2) is 8.42 Å². The summed E-state index contributed by atoms with van der Waals surface area (Å²) in [7, 11) is -3.89. The van der Waals surface area contributed by atoms with E-state index in [1.165, 1.54) is 8.99 Å². The van der Waals surface area contributed by atoms with Gasteiger partial charge in [0.25, 0.3) is 15.9 Å². The monoisotopic (exact) mass is 465 g/mol. The lowest BCUT2D eigenvalue weighted by molar-refractivity contribution is 0.0934. The molecule has 1 N–H and O–H groups in total. The van der Waals surface area contributed by atoms with E-state index >= 15 is 0 Å². The maximum atomic E-state index is 13.4. The predicted molar refractivity (Wildman–Crippen MR) is 120 cm³/mol. The summed E-state index contributed by atoms with van der Waals surface area (Å²) in [5.41, 5.74) is 1.10. The third-order valence-electron chi connectivity index (χ3n) is 5.98. The molecule has 0 spiro atoms. The third-order valence-corrected chi connectivity index (χ3v) is 8.05. The van der Waals surface area contributed by atoms with Crippen molar-refractivity contribution >= 4 is 33.2 Å². The second-order valence-corrected chi connectivity index (χ2v) is 10.3. The number of nitrogens with zero attached hydrogens (tertiary/aromatic N) is 4. The van der Waals surface area contributed by atoms with Crippen LogP contribution in [-0.2, 0) is 16.6 Å². The highest BCUT2D eigenvalue weighted by Gasteiger charge is 2.35. The Morgan fingerprint density at radius 3 is 2.55 bits per heavy atom. The van der Waals surface area contributed by atoms with Gasteiger partial charge >= 0.3 is 0 Å². The highest BCUT2D eigenvalue weighted by molar-refractivity contribution is 7.89. The lowest BCUT2D eigenvalue weighted by atomic mass is 10.2. The van der Waals surface area contributed by atoms with E-state index in [9.17, 15) is 13.2 Å². The minimum Gasteiger partial charge on any atom is -0.369 e. The Labute approximate surface area is 188 Å². The molecule has 2 aromatic rings. The molecule has 1 saturated heterocycles. The van der Waals surface area contributed by atoms with Crippen LogP contribution in [0.4, 0.5) is 5.69 Å². The molecule has 2 heterocycles. The number of nitrogens with one attached hydrogen (secondary N) is 1. The molecule has 10 heteroatoms. The molecule has 1 aliphatic heterocycles. The average molecular weight is 466 g/mol. The zero-order chi connectivity index (χ0) is 22.0. The second kappa shape index (κ2) is 9.18. The van der Waals surface area contributed by atoms with Crippen LogP contribution in [0.2, 0.25) is 5.02 Å². The van der Waals surface area contributed by atoms with Crippen LogP contribution in [-0.4, -0.2) is 60.6 Å². The van der Waals surface area contributed by atoms with Gasteiger partial charge in [-0.3, -0.25) is 9.48 Å². The molecule has 1 aromatic carbocycles. The third kappa shape index (κ3) is 4.73. The van der Waals surface area contributed by atoms with Crippen molar-refractivity contribution in [2.45, 2.75) is 50.2 Å². The van der Waals surface area contributed by atoms with Crippen molar-refractivity contribution in [3.05, 3.63) is 41.0 Å². The molecular formula is C21H28ClN5O3S. The van der Waals surface area contributed by atoms with Gasteiger partial charge in [-0.1, -0.05) is 30.5 Å². The maximum Gasteiger partial charge on any atom is 0.263 e. The van der Waals surface area contributed by atoms with E-state index in [4.69, 9.17) is 11.6 Å². The van der Waals surface area contributed by atoms with Crippen LogP contribution in [0.3, 0.4) is 0 Å². The van der Waals surface area contributed by atoms with Crippen molar-refractivity contribution in [3.8, 4) is 0 Å². The second-order valence-electron chi connectivity index (χ2n) is 8.03. The van der Waals surface area contributed by atoms with Gasteiger partial charge in [-0.15, -0.1) is 0 Å². The minimum absolute atomic E-state index is 0.106. The highest BCUT2D eigenvalue weighted by Crippen LogP contribution is 2.25. The molecule has 0 atom stereocenters. The summed E-state index contributed by atoms with van der Waals surface area (Å²) in [6, 6.07) is 7.64. The van der Waals surface area contributed by atoms with Crippen molar-refractivity contribution in [3.63, 3.8) is 0 Å². The van der Waals surface area contributed by atoms with E-state index in [-0.39, 0.29) is 22.5 Å². The van der Waals surface area contributed by atoms with Crippen LogP contribution in [0.1, 0.15) is 43.0 Å². The Morgan fingerprint density at radius 2 is 1.90 bits per heavy atom. The van der Waals surface area contributed by atoms with Crippen molar-refractivity contribution in [2.24, 2.45) is 0 Å². The summed E-state index contributed by atoms with van der Waals surface area (Å²) in [6.07, 6.45) is 5.57. The Hall–Kier alpha value is -2.10. The van der Waals surface area contributed by atoms with Gasteiger partial charge in [-0.2, -0.15) is 9.40 Å². The first-order chi connectivity index (χ1) is 14.9. The molecule has 1 aliphatic carbocycles. The summed E-state index contributed by atoms with van der Waals surface area (Å²) in [6.45, 7) is 4.07. The van der Waals surface area contributed by atoms with Crippen LogP contribution in [0.25, 0.3) is 0 Å². The van der Waals surface area contributed by atoms with Crippen LogP contribution in [0.15, 0.2) is 35.5 Å². The Kier molecular flexibility index (Phi) is 6.55. The minimum atomic E-state index is -3.89. The number of halogens is 1. The van der Waals surface area contributed by atoms with E-state index in [0.29, 0.717) is 37.7 Å². The molecule has 0 radical (unpaired) electrons. The zero-order valence-corrected chi connectivity index (χ0v) is 19.2. The number of carbonyl (C=O) groups excluding carboxylic acids is 1. The van der Waals surface area contributed by atoms with E-state index in [1.54, 1.807) is 6.20 Å². The Morgan fingerprint density at radius 1 is 1.19 bits per heavy atom. The first-order valence-corrected chi connectivity index (χ1v) is 12.6. The van der Waals surface area contributed by atoms with Gasteiger partial charge in [0.2, 0.25) is 5.03 Å². The molecule has 0 bridgehead atoms. The van der Waals surface area contributed by atoms with Gasteiger partial charge in [-0.05, 0) is 38.0 Å². The fourth-order valence-corrected chi connectivity index (χ4v) is 5.93. The molecule has 8 nitrogen and oxygen atoms in total. The topological polar surface area (TPSA) is 87.5 Å². The molecule has 1 amide bonds. The Bertz CT molecular complexity index is 1040. The Balaban J connectivity index is 1.52. The molecule has 2 fully saturated rings. The number of aromatic nitrogens is 2. The van der Waals surface area contributed by atoms with Crippen molar-refractivity contribution in [1.82, 2.24) is 19.4 Å². The van der Waals surface area contributed by atoms with Gasteiger partial charge in [0, 0.05) is 55.7 Å². The van der Waals surface area contributed by atoms with E-state index in [0.717, 1.165) is 31.4 Å². The summed E-state index contributed by atoms with van der Waals surface area (Å²) in [4.78, 5) is 15.0. The van der Waals surface area contributed by atoms with Gasteiger partial charge in [0.15, 0.2) is 0 Å². The van der Waals surface area contributed by atoms with E-state index in [1.807, 2.05) is 31.2 Å². The van der Waals surface area contributed by atoms with Gasteiger partial charge in [0.1, 0.15) is 0 Å². The normalized spacial score (nSPS) is 18.5. The molecule has 0 unspecified atom stereocenters. The van der Waals surface area contributed by atoms with Crippen LogP contribution < -0.4 is 10.2 Å². The summed E-state index contributed by atoms with van der Waals surface area (Å²) < 4.78 is 29.7. The number of rotatable bonds is 6. The number of anilines is 1. The number of hydrogen-bond acceptors (Lipinski definition) is 5. The largest absolute Gasteiger partial charge is 0.369 e. The number of aryl methyl sites for hydroxylation is 1. The summed E-state index contributed by atoms with van der Waals surface area (Å²) in [5.74, 6) is -0.359. The van der Waals surface area contributed by atoms with Crippen molar-refractivity contribution in [2.75, 3.05) is 31.1 Å². The maximum absolute atomic E-state index is 13.4. The summed E-state index contributed by atoms with van der Waals surface area (Å²) in [5, 5.41) is 7.74. The zero-order valence-electron chi connectivity index (χ0n) is 17.6. The van der Waals surface area contributed by atoms with Crippen LogP contribution in [0, 0.1) is 0 Å². The first kappa shape index (κ1) is 22.1. The van der Waals surface area contributed by atoms with E-state index in [2.05, 4.69) is 15.3 Å². The predicted octanol–water partition coefficient (Wildman–Crippen LogP) is 2.74. The quantitative estimate of drug-likeness (QED) is 0.708. The number of hydrogen-bond donors (Lipinski definition) is 1. The molecule has 31 heavy (non-hydrogen) atoms. The SMILES string of the molecule is CCn1cc(C(=O)NC2CCCC2)c(S(=O)(=O)N2CCN(c3cccc(Cl)c3)CC2)n1. The number of benzene rings is 1. The van der Waals surface area contributed by atoms with Crippen molar-refractivity contribution in [1.29, 1.82) is 0 Å². The average Bonchev–Trinajstić information content (AvgIpc) is 3.44. The van der Waals surface area contributed by atoms with Crippen molar-refractivity contribution < 1.29 is 13.2 Å². The lowest BCUT2D eigenvalue weighted by Crippen LogP contribution is -2.49. The molecule has 1 saturated carbocycles. The van der Waals surface area contributed by atoms with Crippen LogP contribution in [0.5, 0.6) is 0 Å². The van der Waals surface area contributed by atoms with Gasteiger partial charge in [0.05, 0.1) is 5.56 Å². The molecule has 1 aromatic heterocycles. The fraction of sp³-hybridized carbons (Fsp3) is 0.524. The molecule has 4 rings (SSSR count). The fourth-order valence-electron chi connectivity index (χ4n) is 4.23. The van der Waals surface area contributed by atoms with E-state index < -0.39 is 10.0 Å². The molecule has 168 valence electrons. The highest BCUT2D eigenvalue weighted by atomic mass is 35.5. The number of piperazine rings is 1. The first-order valence-electron chi connectivity index (χ1n) is 10.8. The standard InChI is InChI=1S/C21H28ClN5O3S/c1-2-26-15-19(20(28)23-17-7-3-4-8-17)21(24-26)31(29,30)27-12-10-25(11-13-27)18-9-5-6-16(22)14-18/h5-6,9,14-15,17H,2-4,7-8,10-13H2,1H3,(H,23,28). The lowest BCUT2D eigenvalue weighted by Gasteiger charge is -2.35. The number of sulfonamides is 1. The van der Waals surface area contributed by atoms with Crippen LogP contribution >= 0.6 is 11.6 Å².